The van der Waals surface area contributed by atoms with Crippen molar-refractivity contribution in [3.8, 4) is 0 Å². The zero-order valence-corrected chi connectivity index (χ0v) is 11.2. The molecule has 0 aromatic carbocycles. The lowest BCUT2D eigenvalue weighted by molar-refractivity contribution is 0.484. The van der Waals surface area contributed by atoms with E-state index in [2.05, 4.69) is 27.8 Å². The number of nitrogens with zero attached hydrogens (tertiary/aromatic N) is 1. The quantitative estimate of drug-likeness (QED) is 0.863. The molecule has 0 saturated heterocycles. The van der Waals surface area contributed by atoms with Gasteiger partial charge in [-0.05, 0) is 36.9 Å². The fraction of sp³-hybridized carbons (Fsp3) is 0.357. The Morgan fingerprint density at radius 3 is 3.00 bits per heavy atom. The van der Waals surface area contributed by atoms with Gasteiger partial charge in [0.15, 0.2) is 0 Å². The van der Waals surface area contributed by atoms with Gasteiger partial charge in [0, 0.05) is 22.7 Å². The van der Waals surface area contributed by atoms with E-state index in [9.17, 15) is 4.39 Å². The van der Waals surface area contributed by atoms with Gasteiger partial charge in [0.2, 0.25) is 0 Å². The number of aryl methyl sites for hydroxylation is 1. The summed E-state index contributed by atoms with van der Waals surface area (Å²) in [6.07, 6.45) is 4.80. The minimum absolute atomic E-state index is 0.0556. The highest BCUT2D eigenvalue weighted by atomic mass is 32.1. The van der Waals surface area contributed by atoms with E-state index < -0.39 is 0 Å². The summed E-state index contributed by atoms with van der Waals surface area (Å²) in [5, 5.41) is 5.41. The third-order valence-electron chi connectivity index (χ3n) is 2.89. The molecule has 0 saturated carbocycles. The predicted molar refractivity (Wildman–Crippen MR) is 73.3 cm³/mol. The van der Waals surface area contributed by atoms with Crippen LogP contribution in [0, 0.1) is 5.82 Å². The Kier molecular flexibility index (Phi) is 4.84. The van der Waals surface area contributed by atoms with Crippen LogP contribution in [0.3, 0.4) is 0 Å². The molecule has 0 spiro atoms. The molecule has 2 nitrogen and oxygen atoms in total. The number of hydrogen-bond acceptors (Lipinski definition) is 3. The Balaban J connectivity index is 2.06. The first-order valence-electron chi connectivity index (χ1n) is 6.16. The summed E-state index contributed by atoms with van der Waals surface area (Å²) in [5.74, 6) is -0.227. The SMILES string of the molecule is CCNC(CCc1cccs1)c1ccncc1F. The highest BCUT2D eigenvalue weighted by Crippen LogP contribution is 2.22. The molecule has 2 aromatic heterocycles. The van der Waals surface area contributed by atoms with Crippen LogP contribution >= 0.6 is 11.3 Å². The summed E-state index contributed by atoms with van der Waals surface area (Å²) in [4.78, 5) is 5.14. The zero-order chi connectivity index (χ0) is 12.8. The van der Waals surface area contributed by atoms with Crippen molar-refractivity contribution in [1.82, 2.24) is 10.3 Å². The fourth-order valence-corrected chi connectivity index (χ4v) is 2.75. The van der Waals surface area contributed by atoms with Gasteiger partial charge in [0.25, 0.3) is 0 Å². The average molecular weight is 264 g/mol. The molecule has 2 heterocycles. The van der Waals surface area contributed by atoms with Crippen molar-refractivity contribution in [2.75, 3.05) is 6.54 Å². The van der Waals surface area contributed by atoms with Crippen molar-refractivity contribution in [3.05, 3.63) is 52.2 Å². The molecule has 18 heavy (non-hydrogen) atoms. The molecule has 1 N–H and O–H groups in total. The number of thiophene rings is 1. The fourth-order valence-electron chi connectivity index (χ4n) is 2.02. The van der Waals surface area contributed by atoms with E-state index >= 15 is 0 Å². The number of nitrogens with one attached hydrogen (secondary N) is 1. The predicted octanol–water partition coefficient (Wildman–Crippen LogP) is 3.57. The maximum absolute atomic E-state index is 13.7. The Labute approximate surface area is 111 Å². The third kappa shape index (κ3) is 3.37. The van der Waals surface area contributed by atoms with Crippen molar-refractivity contribution in [2.45, 2.75) is 25.8 Å². The van der Waals surface area contributed by atoms with Gasteiger partial charge in [0.05, 0.1) is 6.20 Å². The van der Waals surface area contributed by atoms with Crippen molar-refractivity contribution < 1.29 is 4.39 Å². The number of rotatable bonds is 6. The van der Waals surface area contributed by atoms with Gasteiger partial charge in [-0.2, -0.15) is 0 Å². The van der Waals surface area contributed by atoms with Crippen LogP contribution in [0.5, 0.6) is 0 Å². The van der Waals surface area contributed by atoms with E-state index in [0.29, 0.717) is 5.56 Å². The molecular weight excluding hydrogens is 247 g/mol. The largest absolute Gasteiger partial charge is 0.310 e. The summed E-state index contributed by atoms with van der Waals surface area (Å²) in [6, 6.07) is 5.99. The minimum Gasteiger partial charge on any atom is -0.310 e. The van der Waals surface area contributed by atoms with Gasteiger partial charge in [-0.15, -0.1) is 11.3 Å². The first-order chi connectivity index (χ1) is 8.81. The standard InChI is InChI=1S/C14H17FN2S/c1-2-17-14(6-5-11-4-3-9-18-11)12-7-8-16-10-13(12)15/h3-4,7-10,14,17H,2,5-6H2,1H3. The molecule has 0 fully saturated rings. The minimum atomic E-state index is -0.227. The second-order valence-corrected chi connectivity index (χ2v) is 5.16. The van der Waals surface area contributed by atoms with Gasteiger partial charge in [-0.3, -0.25) is 4.98 Å². The summed E-state index contributed by atoms with van der Waals surface area (Å²) in [6.45, 7) is 2.87. The topological polar surface area (TPSA) is 24.9 Å². The van der Waals surface area contributed by atoms with Crippen LogP contribution in [0.1, 0.15) is 29.8 Å². The second kappa shape index (κ2) is 6.61. The molecule has 0 bridgehead atoms. The van der Waals surface area contributed by atoms with Gasteiger partial charge in [-0.25, -0.2) is 4.39 Å². The number of hydrogen-bond donors (Lipinski definition) is 1. The first-order valence-corrected chi connectivity index (χ1v) is 7.04. The first kappa shape index (κ1) is 13.2. The maximum Gasteiger partial charge on any atom is 0.146 e. The molecular formula is C14H17FN2S. The Morgan fingerprint density at radius 2 is 2.33 bits per heavy atom. The summed E-state index contributed by atoms with van der Waals surface area (Å²) < 4.78 is 13.7. The third-order valence-corrected chi connectivity index (χ3v) is 3.83. The zero-order valence-electron chi connectivity index (χ0n) is 10.4. The molecule has 0 aliphatic heterocycles. The Bertz CT molecular complexity index is 470. The average Bonchev–Trinajstić information content (AvgIpc) is 2.88. The van der Waals surface area contributed by atoms with Crippen LogP contribution in [0.2, 0.25) is 0 Å². The molecule has 0 amide bonds. The molecule has 1 unspecified atom stereocenters. The van der Waals surface area contributed by atoms with Gasteiger partial charge >= 0.3 is 0 Å². The van der Waals surface area contributed by atoms with Crippen LogP contribution in [-0.4, -0.2) is 11.5 Å². The van der Waals surface area contributed by atoms with Crippen LogP contribution < -0.4 is 5.32 Å². The Morgan fingerprint density at radius 1 is 1.44 bits per heavy atom. The smallest absolute Gasteiger partial charge is 0.146 e. The highest BCUT2D eigenvalue weighted by molar-refractivity contribution is 7.09. The number of halogens is 1. The van der Waals surface area contributed by atoms with Crippen LogP contribution in [-0.2, 0) is 6.42 Å². The van der Waals surface area contributed by atoms with Crippen LogP contribution in [0.25, 0.3) is 0 Å². The van der Waals surface area contributed by atoms with Crippen molar-refractivity contribution in [1.29, 1.82) is 0 Å². The lowest BCUT2D eigenvalue weighted by Crippen LogP contribution is -2.22. The normalized spacial score (nSPS) is 12.6. The van der Waals surface area contributed by atoms with Crippen molar-refractivity contribution >= 4 is 11.3 Å². The summed E-state index contributed by atoms with van der Waals surface area (Å²) in [7, 11) is 0. The lowest BCUT2D eigenvalue weighted by atomic mass is 10.0. The van der Waals surface area contributed by atoms with E-state index in [-0.39, 0.29) is 11.9 Å². The molecule has 96 valence electrons. The van der Waals surface area contributed by atoms with Crippen LogP contribution in [0.15, 0.2) is 36.0 Å². The molecule has 0 radical (unpaired) electrons. The van der Waals surface area contributed by atoms with Gasteiger partial charge < -0.3 is 5.32 Å². The van der Waals surface area contributed by atoms with Crippen LogP contribution in [0.4, 0.5) is 4.39 Å². The number of pyridine rings is 1. The van der Waals surface area contributed by atoms with Crippen molar-refractivity contribution in [2.24, 2.45) is 0 Å². The summed E-state index contributed by atoms with van der Waals surface area (Å²) in [5.41, 5.74) is 0.711. The van der Waals surface area contributed by atoms with E-state index in [1.165, 1.54) is 11.1 Å². The van der Waals surface area contributed by atoms with E-state index in [1.807, 2.05) is 6.92 Å². The van der Waals surface area contributed by atoms with Gasteiger partial charge in [0.1, 0.15) is 5.82 Å². The van der Waals surface area contributed by atoms with Gasteiger partial charge in [-0.1, -0.05) is 13.0 Å². The maximum atomic E-state index is 13.7. The Hall–Kier alpha value is -1.26. The second-order valence-electron chi connectivity index (χ2n) is 4.13. The molecule has 4 heteroatoms. The van der Waals surface area contributed by atoms with E-state index in [0.717, 1.165) is 19.4 Å². The van der Waals surface area contributed by atoms with E-state index in [4.69, 9.17) is 0 Å². The molecule has 0 aliphatic carbocycles. The van der Waals surface area contributed by atoms with Crippen molar-refractivity contribution in [3.63, 3.8) is 0 Å². The molecule has 1 atom stereocenters. The van der Waals surface area contributed by atoms with E-state index in [1.54, 1.807) is 23.6 Å². The molecule has 0 aliphatic rings. The molecule has 2 aromatic rings. The summed E-state index contributed by atoms with van der Waals surface area (Å²) >= 11 is 1.75. The number of aromatic nitrogens is 1. The highest BCUT2D eigenvalue weighted by Gasteiger charge is 2.14. The lowest BCUT2D eigenvalue weighted by Gasteiger charge is -2.18. The monoisotopic (exact) mass is 264 g/mol. The molecule has 2 rings (SSSR count).